The number of hydrogen-bond donors (Lipinski definition) is 0. The highest BCUT2D eigenvalue weighted by Crippen LogP contribution is 2.38. The second-order valence-corrected chi connectivity index (χ2v) is 12.6. The van der Waals surface area contributed by atoms with E-state index in [9.17, 15) is 19.7 Å². The molecule has 0 fully saturated rings. The van der Waals surface area contributed by atoms with Gasteiger partial charge >= 0.3 is 11.7 Å². The topological polar surface area (TPSA) is 113 Å². The van der Waals surface area contributed by atoms with Crippen LogP contribution in [-0.4, -0.2) is 22.1 Å². The molecule has 1 aliphatic heterocycles. The SMILES string of the molecule is CCOC(=O)C1=C(C)N=c2s/c(=C\c3cc(Br)c(OCc4ccc(Cl)c(Cl)c4)c([N+](=O)[O-])c3)c(=O)n2[C@H]1c1ccccc1Cl. The van der Waals surface area contributed by atoms with Crippen molar-refractivity contribution in [3.63, 3.8) is 0 Å². The van der Waals surface area contributed by atoms with Crippen molar-refractivity contribution in [3.8, 4) is 5.75 Å². The van der Waals surface area contributed by atoms with Crippen LogP contribution in [0.25, 0.3) is 6.08 Å². The molecule has 0 unspecified atom stereocenters. The molecule has 1 aliphatic rings. The first kappa shape index (κ1) is 31.9. The molecule has 4 aromatic rings. The Labute approximate surface area is 277 Å². The van der Waals surface area contributed by atoms with Gasteiger partial charge in [0.15, 0.2) is 4.80 Å². The van der Waals surface area contributed by atoms with Gasteiger partial charge in [-0.25, -0.2) is 9.79 Å². The monoisotopic (exact) mass is 735 g/mol. The van der Waals surface area contributed by atoms with Crippen LogP contribution in [0.2, 0.25) is 15.1 Å². The fourth-order valence-corrected chi connectivity index (χ4v) is 6.87. The van der Waals surface area contributed by atoms with Crippen molar-refractivity contribution in [3.05, 3.63) is 132 Å². The average molecular weight is 738 g/mol. The van der Waals surface area contributed by atoms with Gasteiger partial charge in [0.1, 0.15) is 12.6 Å². The summed E-state index contributed by atoms with van der Waals surface area (Å²) < 4.78 is 13.1. The zero-order valence-electron chi connectivity index (χ0n) is 23.0. The van der Waals surface area contributed by atoms with E-state index in [1.165, 1.54) is 16.7 Å². The number of allylic oxidation sites excluding steroid dienone is 1. The average Bonchev–Trinajstić information content (AvgIpc) is 3.27. The Morgan fingerprint density at radius 1 is 1.14 bits per heavy atom. The molecule has 1 atom stereocenters. The molecule has 0 saturated carbocycles. The molecule has 0 spiro atoms. The second-order valence-electron chi connectivity index (χ2n) is 9.47. The first-order chi connectivity index (χ1) is 21.0. The minimum Gasteiger partial charge on any atom is -0.481 e. The molecule has 226 valence electrons. The molecule has 14 heteroatoms. The highest BCUT2D eigenvalue weighted by molar-refractivity contribution is 9.10. The van der Waals surface area contributed by atoms with Crippen LogP contribution in [0.3, 0.4) is 0 Å². The van der Waals surface area contributed by atoms with Gasteiger partial charge in [-0.05, 0) is 76.8 Å². The summed E-state index contributed by atoms with van der Waals surface area (Å²) in [4.78, 5) is 43.3. The molecular formula is C30H21BrCl3N3O6S. The number of aromatic nitrogens is 1. The first-order valence-corrected chi connectivity index (χ1v) is 15.7. The third kappa shape index (κ3) is 6.33. The van der Waals surface area contributed by atoms with Gasteiger partial charge in [0.25, 0.3) is 5.56 Å². The molecule has 2 heterocycles. The lowest BCUT2D eigenvalue weighted by Gasteiger charge is -2.25. The van der Waals surface area contributed by atoms with Crippen LogP contribution in [0.4, 0.5) is 5.69 Å². The van der Waals surface area contributed by atoms with Crippen molar-refractivity contribution < 1.29 is 19.2 Å². The van der Waals surface area contributed by atoms with Crippen molar-refractivity contribution in [2.75, 3.05) is 6.61 Å². The maximum absolute atomic E-state index is 13.9. The zero-order valence-corrected chi connectivity index (χ0v) is 27.6. The number of benzene rings is 3. The molecule has 0 amide bonds. The predicted octanol–water partition coefficient (Wildman–Crippen LogP) is 7.01. The normalized spacial score (nSPS) is 14.7. The fourth-order valence-electron chi connectivity index (χ4n) is 4.68. The van der Waals surface area contributed by atoms with E-state index < -0.39 is 22.5 Å². The highest BCUT2D eigenvalue weighted by Gasteiger charge is 2.34. The summed E-state index contributed by atoms with van der Waals surface area (Å²) in [6.07, 6.45) is 1.53. The quantitative estimate of drug-likeness (QED) is 0.109. The van der Waals surface area contributed by atoms with E-state index in [2.05, 4.69) is 20.9 Å². The summed E-state index contributed by atoms with van der Waals surface area (Å²) in [5.41, 5.74) is 1.38. The maximum atomic E-state index is 13.9. The summed E-state index contributed by atoms with van der Waals surface area (Å²) in [5.74, 6) is -0.600. The van der Waals surface area contributed by atoms with Gasteiger partial charge in [0, 0.05) is 11.1 Å². The zero-order chi connectivity index (χ0) is 31.7. The number of thiazole rings is 1. The number of rotatable bonds is 8. The Morgan fingerprint density at radius 3 is 2.57 bits per heavy atom. The van der Waals surface area contributed by atoms with Gasteiger partial charge in [-0.1, -0.05) is 70.4 Å². The number of halogens is 4. The van der Waals surface area contributed by atoms with Crippen LogP contribution >= 0.6 is 62.1 Å². The lowest BCUT2D eigenvalue weighted by atomic mass is 9.96. The first-order valence-electron chi connectivity index (χ1n) is 13.0. The van der Waals surface area contributed by atoms with Gasteiger partial charge in [-0.15, -0.1) is 0 Å². The van der Waals surface area contributed by atoms with Crippen molar-refractivity contribution in [2.45, 2.75) is 26.5 Å². The van der Waals surface area contributed by atoms with Gasteiger partial charge in [-0.2, -0.15) is 0 Å². The van der Waals surface area contributed by atoms with E-state index in [1.54, 1.807) is 62.4 Å². The van der Waals surface area contributed by atoms with Crippen LogP contribution < -0.4 is 19.6 Å². The summed E-state index contributed by atoms with van der Waals surface area (Å²) >= 11 is 23.1. The molecule has 1 aromatic heterocycles. The van der Waals surface area contributed by atoms with E-state index >= 15 is 0 Å². The number of hydrogen-bond acceptors (Lipinski definition) is 8. The third-order valence-electron chi connectivity index (χ3n) is 6.62. The Kier molecular flexibility index (Phi) is 9.62. The van der Waals surface area contributed by atoms with Gasteiger partial charge in [-0.3, -0.25) is 19.5 Å². The van der Waals surface area contributed by atoms with E-state index in [-0.39, 0.29) is 34.8 Å². The second kappa shape index (κ2) is 13.3. The number of esters is 1. The van der Waals surface area contributed by atoms with Gasteiger partial charge < -0.3 is 9.47 Å². The van der Waals surface area contributed by atoms with Crippen LogP contribution in [0.5, 0.6) is 5.75 Å². The minimum absolute atomic E-state index is 0.00152. The molecule has 44 heavy (non-hydrogen) atoms. The maximum Gasteiger partial charge on any atom is 0.338 e. The number of nitrogens with zero attached hydrogens (tertiary/aromatic N) is 3. The molecule has 0 radical (unpaired) electrons. The molecule has 0 aliphatic carbocycles. The Balaban J connectivity index is 1.60. The Morgan fingerprint density at radius 2 is 1.89 bits per heavy atom. The minimum atomic E-state index is -0.889. The van der Waals surface area contributed by atoms with Gasteiger partial charge in [0.05, 0.1) is 41.9 Å². The van der Waals surface area contributed by atoms with E-state index in [4.69, 9.17) is 44.3 Å². The molecule has 5 rings (SSSR count). The van der Waals surface area contributed by atoms with Gasteiger partial charge in [0.2, 0.25) is 5.75 Å². The molecular weight excluding hydrogens is 717 g/mol. The number of carbonyl (C=O) groups is 1. The largest absolute Gasteiger partial charge is 0.481 e. The number of carbonyl (C=O) groups excluding carboxylic acids is 1. The standard InChI is InChI=1S/C30H21BrCl3N3O6S/c1-3-42-29(39)25-15(2)35-30-36(26(25)18-6-4-5-7-20(18)32)28(38)24(44-30)13-17-10-19(31)27(23(12-17)37(40)41)43-14-16-8-9-21(33)22(34)11-16/h4-13,26H,3,14H2,1-2H3/b24-13-/t26-/m0/s1. The van der Waals surface area contributed by atoms with Crippen LogP contribution in [-0.2, 0) is 16.1 Å². The van der Waals surface area contributed by atoms with Crippen molar-refractivity contribution in [2.24, 2.45) is 4.99 Å². The third-order valence-corrected chi connectivity index (χ3v) is 9.28. The lowest BCUT2D eigenvalue weighted by molar-refractivity contribution is -0.386. The van der Waals surface area contributed by atoms with E-state index in [1.807, 2.05) is 0 Å². The van der Waals surface area contributed by atoms with Crippen molar-refractivity contribution in [1.29, 1.82) is 0 Å². The number of ether oxygens (including phenoxy) is 2. The van der Waals surface area contributed by atoms with Crippen molar-refractivity contribution in [1.82, 2.24) is 4.57 Å². The summed E-state index contributed by atoms with van der Waals surface area (Å²) in [6, 6.07) is 13.9. The van der Waals surface area contributed by atoms with Crippen LogP contribution in [0, 0.1) is 10.1 Å². The number of nitro benzene ring substituents is 1. The lowest BCUT2D eigenvalue weighted by Crippen LogP contribution is -2.40. The predicted molar refractivity (Wildman–Crippen MR) is 173 cm³/mol. The van der Waals surface area contributed by atoms with Crippen LogP contribution in [0.1, 0.15) is 36.6 Å². The van der Waals surface area contributed by atoms with E-state index in [0.29, 0.717) is 46.7 Å². The number of fused-ring (bicyclic) bond motifs is 1. The fraction of sp³-hybridized carbons (Fsp3) is 0.167. The molecule has 0 saturated heterocycles. The van der Waals surface area contributed by atoms with E-state index in [0.717, 1.165) is 11.3 Å². The summed E-state index contributed by atoms with van der Waals surface area (Å²) in [6.45, 7) is 3.49. The molecule has 3 aromatic carbocycles. The molecule has 0 N–H and O–H groups in total. The Hall–Kier alpha value is -3.48. The highest BCUT2D eigenvalue weighted by atomic mass is 79.9. The Bertz CT molecular complexity index is 2040. The van der Waals surface area contributed by atoms with Crippen molar-refractivity contribution >= 4 is 79.8 Å². The summed E-state index contributed by atoms with van der Waals surface area (Å²) in [7, 11) is 0. The van der Waals surface area contributed by atoms with Crippen LogP contribution in [0.15, 0.2) is 80.1 Å². The molecule has 9 nitrogen and oxygen atoms in total. The number of nitro groups is 1. The smallest absolute Gasteiger partial charge is 0.338 e. The summed E-state index contributed by atoms with van der Waals surface area (Å²) in [5, 5.41) is 13.1. The molecule has 0 bridgehead atoms.